The molecule has 0 saturated carbocycles. The van der Waals surface area contributed by atoms with Gasteiger partial charge < -0.3 is 52.1 Å². The van der Waals surface area contributed by atoms with Crippen LogP contribution < -0.4 is 0 Å². The van der Waals surface area contributed by atoms with Crippen LogP contribution in [0.25, 0.3) is 0 Å². The first-order valence-electron chi connectivity index (χ1n) is 19.2. The molecule has 0 fully saturated rings. The van der Waals surface area contributed by atoms with Crippen molar-refractivity contribution in [3.05, 3.63) is 0 Å². The summed E-state index contributed by atoms with van der Waals surface area (Å²) in [7, 11) is 0. The predicted octanol–water partition coefficient (Wildman–Crippen LogP) is 5.81. The van der Waals surface area contributed by atoms with E-state index in [1.807, 2.05) is 0 Å². The molecule has 0 heterocycles. The molecule has 0 N–H and O–H groups in total. The first kappa shape index (κ1) is 48.1. The third kappa shape index (κ3) is 47.1. The van der Waals surface area contributed by atoms with Gasteiger partial charge in [0.25, 0.3) is 0 Å². The van der Waals surface area contributed by atoms with Gasteiger partial charge in [0.2, 0.25) is 0 Å². The third-order valence-corrected chi connectivity index (χ3v) is 7.27. The van der Waals surface area contributed by atoms with Crippen molar-refractivity contribution in [2.75, 3.05) is 139 Å². The number of hydrogen-bond donors (Lipinski definition) is 0. The topological polar surface area (TPSA) is 119 Å². The lowest BCUT2D eigenvalue weighted by atomic mass is 10.0. The average Bonchev–Trinajstić information content (AvgIpc) is 3.10. The van der Waals surface area contributed by atoms with Crippen LogP contribution in [-0.2, 0) is 56.9 Å². The van der Waals surface area contributed by atoms with E-state index in [9.17, 15) is 4.79 Å². The Morgan fingerprint density at radius 3 is 0.735 bits per heavy atom. The Hall–Kier alpha value is -0.930. The monoisotopic (exact) mass is 711 g/mol. The van der Waals surface area contributed by atoms with Gasteiger partial charge in [-0.25, -0.2) is 0 Å². The van der Waals surface area contributed by atoms with Gasteiger partial charge in [-0.2, -0.15) is 0 Å². The molecule has 0 aliphatic rings. The number of esters is 1. The predicted molar refractivity (Wildman–Crippen MR) is 191 cm³/mol. The lowest BCUT2D eigenvalue weighted by molar-refractivity contribution is -0.142. The SMILES string of the molecule is CCCCCCCCCCCCCCCOCCOCCOCCOCCOCCOCCOCCOCCOCCOCCOC(C)=O. The van der Waals surface area contributed by atoms with Gasteiger partial charge in [0.1, 0.15) is 6.61 Å². The minimum atomic E-state index is -0.307. The normalized spacial score (nSPS) is 11.5. The number of rotatable bonds is 44. The van der Waals surface area contributed by atoms with Crippen molar-refractivity contribution in [2.24, 2.45) is 0 Å². The van der Waals surface area contributed by atoms with Crippen LogP contribution in [0.4, 0.5) is 0 Å². The highest BCUT2D eigenvalue weighted by Crippen LogP contribution is 2.12. The first-order chi connectivity index (χ1) is 24.3. The van der Waals surface area contributed by atoms with Gasteiger partial charge in [0, 0.05) is 13.5 Å². The van der Waals surface area contributed by atoms with Crippen molar-refractivity contribution >= 4 is 5.97 Å². The van der Waals surface area contributed by atoms with E-state index in [4.69, 9.17) is 52.1 Å². The highest BCUT2D eigenvalue weighted by Gasteiger charge is 1.98. The summed E-state index contributed by atoms with van der Waals surface area (Å²) >= 11 is 0. The molecule has 0 unspecified atom stereocenters. The Labute approximate surface area is 298 Å². The van der Waals surface area contributed by atoms with E-state index in [-0.39, 0.29) is 12.6 Å². The van der Waals surface area contributed by atoms with Crippen LogP contribution in [0, 0.1) is 0 Å². The number of unbranched alkanes of at least 4 members (excludes halogenated alkanes) is 12. The fraction of sp³-hybridized carbons (Fsp3) is 0.973. The summed E-state index contributed by atoms with van der Waals surface area (Å²) in [5.41, 5.74) is 0. The molecule has 0 bridgehead atoms. The summed E-state index contributed by atoms with van der Waals surface area (Å²) in [4.78, 5) is 10.6. The minimum Gasteiger partial charge on any atom is -0.463 e. The summed E-state index contributed by atoms with van der Waals surface area (Å²) in [5.74, 6) is -0.307. The van der Waals surface area contributed by atoms with Crippen LogP contribution in [0.3, 0.4) is 0 Å². The largest absolute Gasteiger partial charge is 0.463 e. The zero-order valence-electron chi connectivity index (χ0n) is 31.4. The zero-order valence-corrected chi connectivity index (χ0v) is 31.4. The van der Waals surface area contributed by atoms with Crippen molar-refractivity contribution in [1.82, 2.24) is 0 Å². The van der Waals surface area contributed by atoms with Gasteiger partial charge in [0.15, 0.2) is 0 Å². The second kappa shape index (κ2) is 45.1. The van der Waals surface area contributed by atoms with Crippen molar-refractivity contribution in [3.63, 3.8) is 0 Å². The number of carbonyl (C=O) groups excluding carboxylic acids is 1. The molecule has 0 amide bonds. The van der Waals surface area contributed by atoms with Crippen LogP contribution in [0.5, 0.6) is 0 Å². The van der Waals surface area contributed by atoms with Crippen LogP contribution in [-0.4, -0.2) is 145 Å². The Bertz CT molecular complexity index is 614. The molecule has 0 aliphatic heterocycles. The Morgan fingerprint density at radius 1 is 0.286 bits per heavy atom. The molecule has 12 heteroatoms. The van der Waals surface area contributed by atoms with Crippen LogP contribution in [0.2, 0.25) is 0 Å². The number of carbonyl (C=O) groups is 1. The Morgan fingerprint density at radius 2 is 0.490 bits per heavy atom. The van der Waals surface area contributed by atoms with E-state index in [1.165, 1.54) is 84.0 Å². The van der Waals surface area contributed by atoms with Crippen molar-refractivity contribution < 1.29 is 56.9 Å². The first-order valence-corrected chi connectivity index (χ1v) is 19.2. The molecule has 0 aromatic rings. The van der Waals surface area contributed by atoms with E-state index in [1.54, 1.807) is 0 Å². The molecule has 0 aromatic carbocycles. The molecule has 0 spiro atoms. The van der Waals surface area contributed by atoms with Crippen LogP contribution >= 0.6 is 0 Å². The van der Waals surface area contributed by atoms with Gasteiger partial charge in [-0.05, 0) is 6.42 Å². The number of ether oxygens (including phenoxy) is 11. The molecular weight excluding hydrogens is 636 g/mol. The molecular formula is C37H74O12. The van der Waals surface area contributed by atoms with E-state index >= 15 is 0 Å². The molecule has 0 aromatic heterocycles. The zero-order chi connectivity index (χ0) is 35.4. The second-order valence-electron chi connectivity index (χ2n) is 11.7. The Kier molecular flexibility index (Phi) is 44.2. The molecule has 0 radical (unpaired) electrons. The van der Waals surface area contributed by atoms with E-state index in [0.29, 0.717) is 126 Å². The van der Waals surface area contributed by atoms with Crippen molar-refractivity contribution in [3.8, 4) is 0 Å². The lowest BCUT2D eigenvalue weighted by Crippen LogP contribution is -2.15. The Balaban J connectivity index is 3.05. The summed E-state index contributed by atoms with van der Waals surface area (Å²) < 4.78 is 59.6. The fourth-order valence-electron chi connectivity index (χ4n) is 4.55. The summed E-state index contributed by atoms with van der Waals surface area (Å²) in [6.45, 7) is 14.5. The van der Waals surface area contributed by atoms with Crippen molar-refractivity contribution in [1.29, 1.82) is 0 Å². The summed E-state index contributed by atoms with van der Waals surface area (Å²) in [6, 6.07) is 0. The quantitative estimate of drug-likeness (QED) is 0.0561. The molecule has 294 valence electrons. The third-order valence-electron chi connectivity index (χ3n) is 7.27. The van der Waals surface area contributed by atoms with Gasteiger partial charge in [-0.3, -0.25) is 4.79 Å². The lowest BCUT2D eigenvalue weighted by Gasteiger charge is -2.09. The fourth-order valence-corrected chi connectivity index (χ4v) is 4.55. The molecule has 12 nitrogen and oxygen atoms in total. The summed E-state index contributed by atoms with van der Waals surface area (Å²) in [6.07, 6.45) is 17.8. The maximum atomic E-state index is 10.6. The van der Waals surface area contributed by atoms with E-state index in [2.05, 4.69) is 6.92 Å². The van der Waals surface area contributed by atoms with Gasteiger partial charge in [0.05, 0.1) is 126 Å². The number of hydrogen-bond acceptors (Lipinski definition) is 12. The van der Waals surface area contributed by atoms with Gasteiger partial charge in [-0.15, -0.1) is 0 Å². The highest BCUT2D eigenvalue weighted by molar-refractivity contribution is 5.65. The van der Waals surface area contributed by atoms with E-state index < -0.39 is 0 Å². The van der Waals surface area contributed by atoms with Gasteiger partial charge in [-0.1, -0.05) is 84.0 Å². The van der Waals surface area contributed by atoms with Crippen LogP contribution in [0.1, 0.15) is 97.3 Å². The molecule has 49 heavy (non-hydrogen) atoms. The smallest absolute Gasteiger partial charge is 0.302 e. The standard InChI is InChI=1S/C37H74O12/c1-3-4-5-6-7-8-9-10-11-12-13-14-15-16-39-17-18-40-19-20-41-21-22-42-23-24-43-25-26-44-27-28-45-29-30-46-31-32-47-33-34-48-35-36-49-37(2)38/h3-36H2,1-2H3. The molecule has 0 rings (SSSR count). The maximum Gasteiger partial charge on any atom is 0.302 e. The highest BCUT2D eigenvalue weighted by atomic mass is 16.6. The molecule has 0 saturated heterocycles. The maximum absolute atomic E-state index is 10.6. The molecule has 0 atom stereocenters. The molecule has 0 aliphatic carbocycles. The minimum absolute atomic E-state index is 0.262. The summed E-state index contributed by atoms with van der Waals surface area (Å²) in [5, 5.41) is 0. The van der Waals surface area contributed by atoms with Gasteiger partial charge >= 0.3 is 5.97 Å². The average molecular weight is 711 g/mol. The van der Waals surface area contributed by atoms with Crippen molar-refractivity contribution in [2.45, 2.75) is 97.3 Å². The second-order valence-corrected chi connectivity index (χ2v) is 11.7. The van der Waals surface area contributed by atoms with E-state index in [0.717, 1.165) is 13.0 Å². The van der Waals surface area contributed by atoms with Crippen LogP contribution in [0.15, 0.2) is 0 Å².